The normalized spacial score (nSPS) is 23.2. The number of hydrogen-bond donors (Lipinski definition) is 2. The minimum absolute atomic E-state index is 0.0974. The predicted octanol–water partition coefficient (Wildman–Crippen LogP) is 1.65. The molecular weight excluding hydrogens is 270 g/mol. The van der Waals surface area contributed by atoms with Gasteiger partial charge in [-0.2, -0.15) is 0 Å². The molecule has 3 N–H and O–H groups in total. The zero-order valence-electron chi connectivity index (χ0n) is 12.7. The maximum Gasteiger partial charge on any atom is 0.172 e. The maximum atomic E-state index is 8.97. The van der Waals surface area contributed by atoms with E-state index in [0.29, 0.717) is 11.5 Å². The van der Waals surface area contributed by atoms with E-state index < -0.39 is 0 Å². The van der Waals surface area contributed by atoms with Crippen LogP contribution >= 0.6 is 0 Å². The summed E-state index contributed by atoms with van der Waals surface area (Å²) in [5.41, 5.74) is 7.39. The first kappa shape index (κ1) is 15.4. The van der Waals surface area contributed by atoms with Crippen LogP contribution in [0.2, 0.25) is 0 Å². The number of methoxy groups -OCH3 is 2. The Kier molecular flexibility index (Phi) is 4.90. The summed E-state index contributed by atoms with van der Waals surface area (Å²) in [6.07, 6.45) is 1.20. The van der Waals surface area contributed by atoms with Crippen molar-refractivity contribution < 1.29 is 14.7 Å². The standard InChI is InChI=1S/C15H23N3O3/c1-10-6-7-18(9-14(10)21-3)13-8-11(20-2)4-5-12(13)15(16)17-19/h4-5,8,10,14,19H,6-7,9H2,1-3H3,(H2,16,17). The van der Waals surface area contributed by atoms with Gasteiger partial charge in [-0.05, 0) is 24.5 Å². The highest BCUT2D eigenvalue weighted by Crippen LogP contribution is 2.30. The second-order valence-electron chi connectivity index (χ2n) is 5.35. The van der Waals surface area contributed by atoms with Gasteiger partial charge in [0.25, 0.3) is 0 Å². The fraction of sp³-hybridized carbons (Fsp3) is 0.533. The van der Waals surface area contributed by atoms with Crippen LogP contribution in [0.1, 0.15) is 18.9 Å². The van der Waals surface area contributed by atoms with Gasteiger partial charge in [-0.25, -0.2) is 0 Å². The van der Waals surface area contributed by atoms with Gasteiger partial charge in [0.05, 0.1) is 18.9 Å². The number of piperidine rings is 1. The van der Waals surface area contributed by atoms with E-state index >= 15 is 0 Å². The number of ether oxygens (including phenoxy) is 2. The van der Waals surface area contributed by atoms with Gasteiger partial charge in [0.15, 0.2) is 5.84 Å². The Morgan fingerprint density at radius 3 is 2.81 bits per heavy atom. The molecule has 21 heavy (non-hydrogen) atoms. The van der Waals surface area contributed by atoms with Gasteiger partial charge in [-0.3, -0.25) is 0 Å². The Labute approximate surface area is 125 Å². The van der Waals surface area contributed by atoms with Crippen LogP contribution in [-0.2, 0) is 4.74 Å². The average Bonchev–Trinajstić information content (AvgIpc) is 2.54. The molecule has 1 saturated heterocycles. The van der Waals surface area contributed by atoms with Gasteiger partial charge < -0.3 is 25.3 Å². The van der Waals surface area contributed by atoms with Crippen LogP contribution in [0.15, 0.2) is 23.4 Å². The van der Waals surface area contributed by atoms with E-state index in [-0.39, 0.29) is 11.9 Å². The van der Waals surface area contributed by atoms with Gasteiger partial charge in [0.1, 0.15) is 5.75 Å². The molecule has 0 radical (unpaired) electrons. The van der Waals surface area contributed by atoms with Crippen LogP contribution in [0.4, 0.5) is 5.69 Å². The smallest absolute Gasteiger partial charge is 0.172 e. The van der Waals surface area contributed by atoms with E-state index in [9.17, 15) is 0 Å². The SMILES string of the molecule is COc1ccc(/C(N)=N/O)c(N2CCC(C)C(OC)C2)c1. The largest absolute Gasteiger partial charge is 0.497 e. The summed E-state index contributed by atoms with van der Waals surface area (Å²) in [5.74, 6) is 1.36. The molecule has 2 rings (SSSR count). The second-order valence-corrected chi connectivity index (χ2v) is 5.35. The molecule has 0 bridgehead atoms. The number of nitrogens with zero attached hydrogens (tertiary/aromatic N) is 2. The number of amidine groups is 1. The molecule has 1 fully saturated rings. The first-order valence-corrected chi connectivity index (χ1v) is 7.04. The number of oxime groups is 1. The fourth-order valence-corrected chi connectivity index (χ4v) is 2.73. The Morgan fingerprint density at radius 1 is 1.43 bits per heavy atom. The van der Waals surface area contributed by atoms with Crippen molar-refractivity contribution in [2.45, 2.75) is 19.4 Å². The van der Waals surface area contributed by atoms with E-state index in [4.69, 9.17) is 20.4 Å². The molecule has 1 heterocycles. The summed E-state index contributed by atoms with van der Waals surface area (Å²) in [4.78, 5) is 2.20. The molecule has 0 amide bonds. The molecule has 0 spiro atoms. The van der Waals surface area contributed by atoms with Crippen molar-refractivity contribution in [2.75, 3.05) is 32.2 Å². The molecule has 116 valence electrons. The van der Waals surface area contributed by atoms with Crippen molar-refractivity contribution in [3.63, 3.8) is 0 Å². The number of rotatable bonds is 4. The van der Waals surface area contributed by atoms with Gasteiger partial charge in [-0.15, -0.1) is 0 Å². The topological polar surface area (TPSA) is 80.3 Å². The highest BCUT2D eigenvalue weighted by molar-refractivity contribution is 6.02. The Morgan fingerprint density at radius 2 is 2.19 bits per heavy atom. The van der Waals surface area contributed by atoms with Crippen molar-refractivity contribution >= 4 is 11.5 Å². The summed E-state index contributed by atoms with van der Waals surface area (Å²) in [7, 11) is 3.36. The van der Waals surface area contributed by atoms with Crippen LogP contribution in [0.25, 0.3) is 0 Å². The zero-order valence-corrected chi connectivity index (χ0v) is 12.7. The molecule has 2 unspecified atom stereocenters. The summed E-state index contributed by atoms with van der Waals surface area (Å²) in [6.45, 7) is 3.87. The lowest BCUT2D eigenvalue weighted by Crippen LogP contribution is -2.44. The summed E-state index contributed by atoms with van der Waals surface area (Å²) in [6, 6.07) is 5.52. The lowest BCUT2D eigenvalue weighted by Gasteiger charge is -2.38. The van der Waals surface area contributed by atoms with Crippen molar-refractivity contribution in [3.8, 4) is 5.75 Å². The van der Waals surface area contributed by atoms with Gasteiger partial charge in [0, 0.05) is 31.8 Å². The summed E-state index contributed by atoms with van der Waals surface area (Å²) in [5, 5.41) is 12.1. The highest BCUT2D eigenvalue weighted by atomic mass is 16.5. The Hall–Kier alpha value is -1.95. The molecule has 1 aliphatic rings. The second kappa shape index (κ2) is 6.67. The lowest BCUT2D eigenvalue weighted by atomic mass is 9.94. The zero-order chi connectivity index (χ0) is 15.4. The van der Waals surface area contributed by atoms with E-state index in [1.807, 2.05) is 12.1 Å². The first-order chi connectivity index (χ1) is 10.1. The Balaban J connectivity index is 2.36. The molecule has 1 aromatic rings. The fourth-order valence-electron chi connectivity index (χ4n) is 2.73. The minimum Gasteiger partial charge on any atom is -0.497 e. The van der Waals surface area contributed by atoms with Crippen LogP contribution in [0.3, 0.4) is 0 Å². The van der Waals surface area contributed by atoms with E-state index in [1.54, 1.807) is 20.3 Å². The van der Waals surface area contributed by atoms with Crippen molar-refractivity contribution in [1.29, 1.82) is 0 Å². The third kappa shape index (κ3) is 3.21. The number of anilines is 1. The van der Waals surface area contributed by atoms with Gasteiger partial charge in [-0.1, -0.05) is 12.1 Å². The molecule has 2 atom stereocenters. The summed E-state index contributed by atoms with van der Waals surface area (Å²) < 4.78 is 10.8. The first-order valence-electron chi connectivity index (χ1n) is 7.04. The van der Waals surface area contributed by atoms with E-state index in [2.05, 4.69) is 17.0 Å². The van der Waals surface area contributed by atoms with E-state index in [1.165, 1.54) is 0 Å². The average molecular weight is 293 g/mol. The van der Waals surface area contributed by atoms with Crippen LogP contribution in [0, 0.1) is 5.92 Å². The van der Waals surface area contributed by atoms with Crippen LogP contribution in [-0.4, -0.2) is 44.5 Å². The van der Waals surface area contributed by atoms with Crippen molar-refractivity contribution in [3.05, 3.63) is 23.8 Å². The maximum absolute atomic E-state index is 8.97. The summed E-state index contributed by atoms with van der Waals surface area (Å²) >= 11 is 0. The van der Waals surface area contributed by atoms with Crippen LogP contribution in [0.5, 0.6) is 5.75 Å². The third-order valence-corrected chi connectivity index (χ3v) is 4.12. The number of benzene rings is 1. The Bertz CT molecular complexity index is 519. The predicted molar refractivity (Wildman–Crippen MR) is 82.3 cm³/mol. The molecule has 6 heteroatoms. The number of nitrogens with two attached hydrogens (primary N) is 1. The molecule has 6 nitrogen and oxygen atoms in total. The minimum atomic E-state index is 0.0974. The molecule has 0 aliphatic carbocycles. The number of hydrogen-bond acceptors (Lipinski definition) is 5. The molecule has 0 saturated carbocycles. The molecule has 0 aromatic heterocycles. The molecule has 1 aromatic carbocycles. The van der Waals surface area contributed by atoms with Gasteiger partial charge >= 0.3 is 0 Å². The monoisotopic (exact) mass is 293 g/mol. The van der Waals surface area contributed by atoms with Crippen molar-refractivity contribution in [1.82, 2.24) is 0 Å². The third-order valence-electron chi connectivity index (χ3n) is 4.12. The lowest BCUT2D eigenvalue weighted by molar-refractivity contribution is 0.0498. The van der Waals surface area contributed by atoms with E-state index in [0.717, 1.165) is 30.9 Å². The quantitative estimate of drug-likeness (QED) is 0.382. The highest BCUT2D eigenvalue weighted by Gasteiger charge is 2.28. The molecule has 1 aliphatic heterocycles. The van der Waals surface area contributed by atoms with Crippen molar-refractivity contribution in [2.24, 2.45) is 16.8 Å². The molecular formula is C15H23N3O3. The van der Waals surface area contributed by atoms with Gasteiger partial charge in [0.2, 0.25) is 0 Å². The van der Waals surface area contributed by atoms with Crippen LogP contribution < -0.4 is 15.4 Å².